The molecule has 0 aliphatic heterocycles. The van der Waals surface area contributed by atoms with E-state index < -0.39 is 5.60 Å². The Bertz CT molecular complexity index is 532. The van der Waals surface area contributed by atoms with Crippen LogP contribution in [0.1, 0.15) is 34.6 Å². The summed E-state index contributed by atoms with van der Waals surface area (Å²) in [6.45, 7) is 18.7. The summed E-state index contributed by atoms with van der Waals surface area (Å²) in [5, 5.41) is 0. The SMILES string of the molecule is CC(C)OCCOCCOCCOCCOCCOCCOCCOCCOCCN(C)C(=O)OC(C)(C)C. The third-order valence-corrected chi connectivity index (χ3v) is 4.56. The van der Waals surface area contributed by atoms with Crippen molar-refractivity contribution in [3.8, 4) is 0 Å². The average Bonchev–Trinajstić information content (AvgIpc) is 2.86. The molecule has 0 aromatic heterocycles. The first-order chi connectivity index (χ1) is 18.7. The van der Waals surface area contributed by atoms with Crippen LogP contribution in [0.25, 0.3) is 0 Å². The van der Waals surface area contributed by atoms with E-state index in [1.807, 2.05) is 34.6 Å². The molecule has 39 heavy (non-hydrogen) atoms. The number of ether oxygens (including phenoxy) is 10. The van der Waals surface area contributed by atoms with Gasteiger partial charge in [0.2, 0.25) is 0 Å². The van der Waals surface area contributed by atoms with Crippen molar-refractivity contribution in [1.82, 2.24) is 4.90 Å². The van der Waals surface area contributed by atoms with Gasteiger partial charge in [-0.05, 0) is 34.6 Å². The Morgan fingerprint density at radius 2 is 0.821 bits per heavy atom. The number of hydrogen-bond donors (Lipinski definition) is 0. The van der Waals surface area contributed by atoms with E-state index in [0.717, 1.165) is 0 Å². The molecule has 0 spiro atoms. The largest absolute Gasteiger partial charge is 0.444 e. The van der Waals surface area contributed by atoms with Gasteiger partial charge in [-0.25, -0.2) is 4.79 Å². The number of hydrogen-bond acceptors (Lipinski definition) is 11. The number of likely N-dealkylation sites (N-methyl/N-ethyl adjacent to an activating group) is 1. The van der Waals surface area contributed by atoms with Gasteiger partial charge in [0.25, 0.3) is 0 Å². The van der Waals surface area contributed by atoms with Crippen LogP contribution < -0.4 is 0 Å². The fraction of sp³-hybridized carbons (Fsp3) is 0.963. The molecule has 0 atom stereocenters. The highest BCUT2D eigenvalue weighted by Crippen LogP contribution is 2.08. The highest BCUT2D eigenvalue weighted by molar-refractivity contribution is 5.67. The maximum atomic E-state index is 11.8. The average molecular weight is 570 g/mol. The van der Waals surface area contributed by atoms with E-state index in [-0.39, 0.29) is 12.2 Å². The summed E-state index contributed by atoms with van der Waals surface area (Å²) in [4.78, 5) is 13.3. The van der Waals surface area contributed by atoms with Gasteiger partial charge in [0.05, 0.1) is 118 Å². The molecule has 0 rings (SSSR count). The van der Waals surface area contributed by atoms with E-state index in [0.29, 0.717) is 119 Å². The minimum Gasteiger partial charge on any atom is -0.444 e. The summed E-state index contributed by atoms with van der Waals surface area (Å²) in [6, 6.07) is 0. The Hall–Kier alpha value is -1.09. The van der Waals surface area contributed by atoms with E-state index in [2.05, 4.69) is 0 Å². The zero-order chi connectivity index (χ0) is 29.0. The van der Waals surface area contributed by atoms with Gasteiger partial charge < -0.3 is 52.3 Å². The molecule has 234 valence electrons. The lowest BCUT2D eigenvalue weighted by Gasteiger charge is -2.24. The zero-order valence-corrected chi connectivity index (χ0v) is 25.2. The van der Waals surface area contributed by atoms with Crippen LogP contribution in [0, 0.1) is 0 Å². The van der Waals surface area contributed by atoms with Crippen LogP contribution in [-0.2, 0) is 47.4 Å². The lowest BCUT2D eigenvalue weighted by Crippen LogP contribution is -2.36. The topological polar surface area (TPSA) is 113 Å². The van der Waals surface area contributed by atoms with Gasteiger partial charge in [0, 0.05) is 13.6 Å². The molecule has 0 radical (unpaired) electrons. The Labute approximate surface area is 235 Å². The van der Waals surface area contributed by atoms with Crippen molar-refractivity contribution in [2.24, 2.45) is 0 Å². The molecule has 0 aliphatic rings. The van der Waals surface area contributed by atoms with E-state index in [1.54, 1.807) is 7.05 Å². The summed E-state index contributed by atoms with van der Waals surface area (Å²) in [6.07, 6.45) is -0.131. The first-order valence-corrected chi connectivity index (χ1v) is 13.9. The Kier molecular flexibility index (Phi) is 26.3. The number of carbonyl (C=O) groups excluding carboxylic acids is 1. The van der Waals surface area contributed by atoms with Crippen LogP contribution in [0.15, 0.2) is 0 Å². The van der Waals surface area contributed by atoms with Crippen LogP contribution in [0.2, 0.25) is 0 Å². The van der Waals surface area contributed by atoms with Gasteiger partial charge in [-0.2, -0.15) is 0 Å². The van der Waals surface area contributed by atoms with E-state index >= 15 is 0 Å². The smallest absolute Gasteiger partial charge is 0.410 e. The predicted octanol–water partition coefficient (Wildman–Crippen LogP) is 2.41. The van der Waals surface area contributed by atoms with Crippen molar-refractivity contribution in [3.05, 3.63) is 0 Å². The number of carbonyl (C=O) groups is 1. The quantitative estimate of drug-likeness (QED) is 0.130. The third-order valence-electron chi connectivity index (χ3n) is 4.56. The molecule has 0 bridgehead atoms. The van der Waals surface area contributed by atoms with Crippen LogP contribution in [0.5, 0.6) is 0 Å². The van der Waals surface area contributed by atoms with Crippen molar-refractivity contribution in [2.75, 3.05) is 126 Å². The van der Waals surface area contributed by atoms with Crippen LogP contribution in [0.4, 0.5) is 4.79 Å². The van der Waals surface area contributed by atoms with Gasteiger partial charge in [0.1, 0.15) is 5.60 Å². The van der Waals surface area contributed by atoms with Gasteiger partial charge in [-0.3, -0.25) is 0 Å². The first-order valence-electron chi connectivity index (χ1n) is 13.9. The summed E-state index contributed by atoms with van der Waals surface area (Å²) in [5.74, 6) is 0. The van der Waals surface area contributed by atoms with Crippen molar-refractivity contribution in [1.29, 1.82) is 0 Å². The molecule has 0 aliphatic carbocycles. The second-order valence-corrected chi connectivity index (χ2v) is 9.72. The maximum Gasteiger partial charge on any atom is 0.410 e. The second kappa shape index (κ2) is 27.1. The molecule has 1 amide bonds. The van der Waals surface area contributed by atoms with Gasteiger partial charge in [0.15, 0.2) is 0 Å². The highest BCUT2D eigenvalue weighted by atomic mass is 16.6. The molecule has 0 aromatic rings. The fourth-order valence-corrected chi connectivity index (χ4v) is 2.62. The van der Waals surface area contributed by atoms with Crippen molar-refractivity contribution in [3.63, 3.8) is 0 Å². The monoisotopic (exact) mass is 569 g/mol. The van der Waals surface area contributed by atoms with E-state index in [4.69, 9.17) is 47.4 Å². The molecule has 0 unspecified atom stereocenters. The fourth-order valence-electron chi connectivity index (χ4n) is 2.62. The maximum absolute atomic E-state index is 11.8. The van der Waals surface area contributed by atoms with E-state index in [9.17, 15) is 4.79 Å². The Morgan fingerprint density at radius 3 is 1.10 bits per heavy atom. The molecule has 0 fully saturated rings. The standard InChI is InChI=1S/C27H55NO11/c1-25(2)38-24-23-37-22-21-36-20-19-35-18-17-34-16-15-33-14-13-32-12-11-31-10-9-30-8-7-28(6)26(29)39-27(3,4)5/h25H,7-24H2,1-6H3. The Balaban J connectivity index is 3.17. The summed E-state index contributed by atoms with van der Waals surface area (Å²) >= 11 is 0. The zero-order valence-electron chi connectivity index (χ0n) is 25.2. The highest BCUT2D eigenvalue weighted by Gasteiger charge is 2.19. The lowest BCUT2D eigenvalue weighted by atomic mass is 10.2. The van der Waals surface area contributed by atoms with Crippen LogP contribution >= 0.6 is 0 Å². The molecular formula is C27H55NO11. The van der Waals surface area contributed by atoms with Gasteiger partial charge >= 0.3 is 6.09 Å². The third kappa shape index (κ3) is 31.3. The summed E-state index contributed by atoms with van der Waals surface area (Å²) in [7, 11) is 1.68. The summed E-state index contributed by atoms with van der Waals surface area (Å²) < 4.78 is 54.2. The lowest BCUT2D eigenvalue weighted by molar-refractivity contribution is -0.0271. The molecule has 0 N–H and O–H groups in total. The van der Waals surface area contributed by atoms with E-state index in [1.165, 1.54) is 4.90 Å². The van der Waals surface area contributed by atoms with Crippen molar-refractivity contribution >= 4 is 6.09 Å². The minimum atomic E-state index is -0.504. The molecule has 0 saturated heterocycles. The molecule has 0 saturated carbocycles. The summed E-state index contributed by atoms with van der Waals surface area (Å²) in [5.41, 5.74) is -0.504. The predicted molar refractivity (Wildman–Crippen MR) is 147 cm³/mol. The van der Waals surface area contributed by atoms with Crippen molar-refractivity contribution < 1.29 is 52.2 Å². The van der Waals surface area contributed by atoms with Crippen LogP contribution in [-0.4, -0.2) is 149 Å². The molecular weight excluding hydrogens is 514 g/mol. The van der Waals surface area contributed by atoms with Crippen molar-refractivity contribution in [2.45, 2.75) is 46.3 Å². The number of rotatable bonds is 28. The molecule has 12 heteroatoms. The first kappa shape index (κ1) is 37.9. The molecule has 0 aromatic carbocycles. The Morgan fingerprint density at radius 1 is 0.538 bits per heavy atom. The van der Waals surface area contributed by atoms with Gasteiger partial charge in [-0.15, -0.1) is 0 Å². The van der Waals surface area contributed by atoms with Gasteiger partial charge in [-0.1, -0.05) is 0 Å². The number of amides is 1. The number of nitrogens with zero attached hydrogens (tertiary/aromatic N) is 1. The normalized spacial score (nSPS) is 11.9. The molecule has 0 heterocycles. The minimum absolute atomic E-state index is 0.230. The molecule has 12 nitrogen and oxygen atoms in total. The van der Waals surface area contributed by atoms with Crippen LogP contribution in [0.3, 0.4) is 0 Å². The second-order valence-electron chi connectivity index (χ2n) is 9.72.